The third kappa shape index (κ3) is 2.30. The lowest BCUT2D eigenvalue weighted by Gasteiger charge is -2.11. The average molecular weight is 150 g/mol. The van der Waals surface area contributed by atoms with E-state index in [0.29, 0.717) is 0 Å². The molecule has 0 fully saturated rings. The van der Waals surface area contributed by atoms with Crippen molar-refractivity contribution in [2.75, 3.05) is 0 Å². The molecule has 0 amide bonds. The van der Waals surface area contributed by atoms with Gasteiger partial charge in [-0.25, -0.2) is 9.98 Å². The van der Waals surface area contributed by atoms with Crippen LogP contribution in [0.25, 0.3) is 0 Å². The molecule has 1 heterocycles. The highest BCUT2D eigenvalue weighted by Gasteiger charge is 2.13. The van der Waals surface area contributed by atoms with Gasteiger partial charge in [-0.05, 0) is 13.8 Å². The Labute approximate surface area is 67.8 Å². The monoisotopic (exact) mass is 150 g/mol. The van der Waals surface area contributed by atoms with Crippen molar-refractivity contribution < 1.29 is 0 Å². The number of rotatable bonds is 0. The third-order valence-electron chi connectivity index (χ3n) is 1.50. The highest BCUT2D eigenvalue weighted by molar-refractivity contribution is 5.91. The van der Waals surface area contributed by atoms with E-state index in [1.165, 1.54) is 0 Å². The van der Waals surface area contributed by atoms with Gasteiger partial charge in [-0.3, -0.25) is 0 Å². The number of nitrogens with zero attached hydrogens (tertiary/aromatic N) is 2. The fourth-order valence-corrected chi connectivity index (χ4v) is 1.15. The van der Waals surface area contributed by atoms with Crippen LogP contribution < -0.4 is 0 Å². The van der Waals surface area contributed by atoms with Gasteiger partial charge in [0.1, 0.15) is 5.84 Å². The summed E-state index contributed by atoms with van der Waals surface area (Å²) in [4.78, 5) is 8.45. The van der Waals surface area contributed by atoms with Crippen LogP contribution in [0.1, 0.15) is 27.7 Å². The Hall–Kier alpha value is -0.920. The fraction of sp³-hybridized carbons (Fsp3) is 0.556. The van der Waals surface area contributed by atoms with E-state index in [1.807, 2.05) is 20.1 Å². The SMILES string of the molecule is CC1=CC(C)(C)C=NC(C)=N1. The van der Waals surface area contributed by atoms with Crippen molar-refractivity contribution in [3.63, 3.8) is 0 Å². The number of aliphatic imine (C=N–C) groups is 2. The molecule has 0 aromatic carbocycles. The van der Waals surface area contributed by atoms with Gasteiger partial charge in [0.15, 0.2) is 0 Å². The predicted molar refractivity (Wildman–Crippen MR) is 49.1 cm³/mol. The van der Waals surface area contributed by atoms with Gasteiger partial charge in [0, 0.05) is 17.3 Å². The molecule has 0 bridgehead atoms. The summed E-state index contributed by atoms with van der Waals surface area (Å²) in [5, 5.41) is 0. The molecule has 11 heavy (non-hydrogen) atoms. The van der Waals surface area contributed by atoms with Crippen molar-refractivity contribution in [1.82, 2.24) is 0 Å². The Morgan fingerprint density at radius 3 is 2.55 bits per heavy atom. The predicted octanol–water partition coefficient (Wildman–Crippen LogP) is 2.42. The van der Waals surface area contributed by atoms with Crippen LogP contribution in [0.3, 0.4) is 0 Å². The lowest BCUT2D eigenvalue weighted by atomic mass is 9.94. The second kappa shape index (κ2) is 2.61. The minimum atomic E-state index is 0.0470. The summed E-state index contributed by atoms with van der Waals surface area (Å²) in [5.74, 6) is 0.837. The van der Waals surface area contributed by atoms with Crippen LogP contribution >= 0.6 is 0 Å². The highest BCUT2D eigenvalue weighted by Crippen LogP contribution is 2.19. The van der Waals surface area contributed by atoms with E-state index >= 15 is 0 Å². The molecule has 60 valence electrons. The number of hydrogen-bond donors (Lipinski definition) is 0. The van der Waals surface area contributed by atoms with Crippen molar-refractivity contribution >= 4 is 12.1 Å². The van der Waals surface area contributed by atoms with Crippen LogP contribution in [0.2, 0.25) is 0 Å². The van der Waals surface area contributed by atoms with E-state index in [2.05, 4.69) is 29.9 Å². The lowest BCUT2D eigenvalue weighted by molar-refractivity contribution is 0.689. The first-order valence-electron chi connectivity index (χ1n) is 3.80. The summed E-state index contributed by atoms with van der Waals surface area (Å²) in [7, 11) is 0. The number of allylic oxidation sites excluding steroid dienone is 2. The molecule has 2 heteroatoms. The van der Waals surface area contributed by atoms with Crippen molar-refractivity contribution in [3.8, 4) is 0 Å². The standard InChI is InChI=1S/C9H14N2/c1-7-5-9(3,4)6-10-8(2)11-7/h5-6H,1-4H3. The van der Waals surface area contributed by atoms with Gasteiger partial charge in [-0.1, -0.05) is 19.9 Å². The molecular formula is C9H14N2. The zero-order valence-corrected chi connectivity index (χ0v) is 7.55. The molecule has 0 aromatic rings. The maximum absolute atomic E-state index is 4.25. The van der Waals surface area contributed by atoms with E-state index in [-0.39, 0.29) is 5.41 Å². The fourth-order valence-electron chi connectivity index (χ4n) is 1.15. The lowest BCUT2D eigenvalue weighted by Crippen LogP contribution is -2.08. The van der Waals surface area contributed by atoms with Gasteiger partial charge in [-0.15, -0.1) is 0 Å². The summed E-state index contributed by atoms with van der Waals surface area (Å²) < 4.78 is 0. The smallest absolute Gasteiger partial charge is 0.125 e. The van der Waals surface area contributed by atoms with E-state index in [9.17, 15) is 0 Å². The molecule has 2 nitrogen and oxygen atoms in total. The number of amidine groups is 1. The highest BCUT2D eigenvalue weighted by atomic mass is 14.9. The molecule has 1 aliphatic rings. The number of hydrogen-bond acceptors (Lipinski definition) is 2. The van der Waals surface area contributed by atoms with Crippen LogP contribution in [0.5, 0.6) is 0 Å². The van der Waals surface area contributed by atoms with Crippen molar-refractivity contribution in [1.29, 1.82) is 0 Å². The topological polar surface area (TPSA) is 24.7 Å². The van der Waals surface area contributed by atoms with Crippen molar-refractivity contribution in [2.24, 2.45) is 15.4 Å². The summed E-state index contributed by atoms with van der Waals surface area (Å²) in [6.45, 7) is 8.15. The third-order valence-corrected chi connectivity index (χ3v) is 1.50. The van der Waals surface area contributed by atoms with Gasteiger partial charge in [0.05, 0.1) is 0 Å². The van der Waals surface area contributed by atoms with Gasteiger partial charge >= 0.3 is 0 Å². The molecule has 0 saturated heterocycles. The molecular weight excluding hydrogens is 136 g/mol. The summed E-state index contributed by atoms with van der Waals surface area (Å²) in [6, 6.07) is 0. The minimum absolute atomic E-state index is 0.0470. The van der Waals surface area contributed by atoms with Crippen LogP contribution in [-0.2, 0) is 0 Å². The second-order valence-corrected chi connectivity index (χ2v) is 3.52. The summed E-state index contributed by atoms with van der Waals surface area (Å²) in [6.07, 6.45) is 4.05. The molecule has 1 rings (SSSR count). The average Bonchev–Trinajstić information content (AvgIpc) is 1.90. The van der Waals surface area contributed by atoms with Crippen LogP contribution in [-0.4, -0.2) is 12.1 Å². The Morgan fingerprint density at radius 2 is 1.91 bits per heavy atom. The molecule has 0 radical (unpaired) electrons. The molecule has 0 aliphatic carbocycles. The van der Waals surface area contributed by atoms with Crippen molar-refractivity contribution in [3.05, 3.63) is 11.8 Å². The Bertz CT molecular complexity index is 244. The zero-order chi connectivity index (χ0) is 8.48. The minimum Gasteiger partial charge on any atom is -0.245 e. The Morgan fingerprint density at radius 1 is 1.27 bits per heavy atom. The first-order chi connectivity index (χ1) is 4.99. The molecule has 0 saturated carbocycles. The van der Waals surface area contributed by atoms with Gasteiger partial charge in [0.2, 0.25) is 0 Å². The van der Waals surface area contributed by atoms with E-state index in [4.69, 9.17) is 0 Å². The zero-order valence-electron chi connectivity index (χ0n) is 7.55. The quantitative estimate of drug-likeness (QED) is 0.506. The summed E-state index contributed by atoms with van der Waals surface area (Å²) >= 11 is 0. The van der Waals surface area contributed by atoms with Gasteiger partial charge in [-0.2, -0.15) is 0 Å². The molecule has 0 aromatic heterocycles. The van der Waals surface area contributed by atoms with E-state index in [0.717, 1.165) is 11.5 Å². The van der Waals surface area contributed by atoms with E-state index in [1.54, 1.807) is 0 Å². The van der Waals surface area contributed by atoms with Gasteiger partial charge < -0.3 is 0 Å². The van der Waals surface area contributed by atoms with Crippen molar-refractivity contribution in [2.45, 2.75) is 27.7 Å². The molecule has 1 aliphatic heterocycles. The largest absolute Gasteiger partial charge is 0.245 e. The molecule has 0 spiro atoms. The normalized spacial score (nSPS) is 22.2. The first kappa shape index (κ1) is 8.18. The van der Waals surface area contributed by atoms with Crippen LogP contribution in [0.15, 0.2) is 21.8 Å². The maximum Gasteiger partial charge on any atom is 0.125 e. The molecule has 0 atom stereocenters. The molecule has 0 N–H and O–H groups in total. The molecule has 0 unspecified atom stereocenters. The van der Waals surface area contributed by atoms with Crippen LogP contribution in [0, 0.1) is 5.41 Å². The van der Waals surface area contributed by atoms with E-state index < -0.39 is 0 Å². The first-order valence-corrected chi connectivity index (χ1v) is 3.80. The van der Waals surface area contributed by atoms with Gasteiger partial charge in [0.25, 0.3) is 0 Å². The second-order valence-electron chi connectivity index (χ2n) is 3.52. The van der Waals surface area contributed by atoms with Crippen LogP contribution in [0.4, 0.5) is 0 Å². The Kier molecular flexibility index (Phi) is 1.94. The summed E-state index contributed by atoms with van der Waals surface area (Å²) in [5.41, 5.74) is 1.09. The maximum atomic E-state index is 4.25. The Balaban J connectivity index is 3.02.